The number of para-hydroxylation sites is 1. The van der Waals surface area contributed by atoms with E-state index in [4.69, 9.17) is 5.73 Å². The Morgan fingerprint density at radius 3 is 2.45 bits per heavy atom. The normalized spacial score (nSPS) is 19.7. The van der Waals surface area contributed by atoms with Crippen molar-refractivity contribution >= 4 is 5.69 Å². The van der Waals surface area contributed by atoms with Crippen LogP contribution in [-0.4, -0.2) is 5.11 Å². The molecule has 0 saturated heterocycles. The van der Waals surface area contributed by atoms with Crippen LogP contribution in [0.4, 0.5) is 5.69 Å². The Kier molecular flexibility index (Phi) is 1.20. The minimum Gasteiger partial charge on any atom is -0.398 e. The Hall–Kier alpha value is -1.02. The monoisotopic (exact) mass is 149 g/mol. The van der Waals surface area contributed by atoms with Crippen molar-refractivity contribution < 1.29 is 5.11 Å². The van der Waals surface area contributed by atoms with Crippen molar-refractivity contribution in [2.24, 2.45) is 0 Å². The fraction of sp³-hybridized carbons (Fsp3) is 0.333. The van der Waals surface area contributed by atoms with E-state index >= 15 is 0 Å². The van der Waals surface area contributed by atoms with Gasteiger partial charge in [0.05, 0.1) is 5.60 Å². The van der Waals surface area contributed by atoms with E-state index in [1.807, 2.05) is 24.3 Å². The van der Waals surface area contributed by atoms with Gasteiger partial charge in [0.25, 0.3) is 0 Å². The number of nitrogens with two attached hydrogens (primary N) is 1. The molecule has 1 fully saturated rings. The SMILES string of the molecule is Nc1ccccc1C1(O)CC1. The van der Waals surface area contributed by atoms with Gasteiger partial charge in [0.1, 0.15) is 0 Å². The Bertz CT molecular complexity index is 279. The highest BCUT2D eigenvalue weighted by Gasteiger charge is 2.43. The van der Waals surface area contributed by atoms with Gasteiger partial charge in [-0.2, -0.15) is 0 Å². The molecule has 1 aliphatic carbocycles. The zero-order valence-electron chi connectivity index (χ0n) is 6.25. The van der Waals surface area contributed by atoms with Gasteiger partial charge in [0.2, 0.25) is 0 Å². The first-order valence-electron chi connectivity index (χ1n) is 3.80. The highest BCUT2D eigenvalue weighted by molar-refractivity contribution is 5.51. The van der Waals surface area contributed by atoms with Crippen molar-refractivity contribution in [1.29, 1.82) is 0 Å². The maximum absolute atomic E-state index is 9.70. The van der Waals surface area contributed by atoms with Crippen molar-refractivity contribution in [1.82, 2.24) is 0 Å². The van der Waals surface area contributed by atoms with E-state index in [0.717, 1.165) is 18.4 Å². The van der Waals surface area contributed by atoms with Gasteiger partial charge < -0.3 is 10.8 Å². The molecule has 0 aromatic heterocycles. The molecule has 0 atom stereocenters. The fourth-order valence-electron chi connectivity index (χ4n) is 1.31. The van der Waals surface area contributed by atoms with E-state index in [0.29, 0.717) is 5.69 Å². The third kappa shape index (κ3) is 0.994. The molecule has 0 unspecified atom stereocenters. The first-order chi connectivity index (χ1) is 5.22. The number of rotatable bonds is 1. The molecule has 2 nitrogen and oxygen atoms in total. The molecule has 1 aromatic carbocycles. The van der Waals surface area contributed by atoms with Gasteiger partial charge in [-0.1, -0.05) is 18.2 Å². The van der Waals surface area contributed by atoms with E-state index in [1.54, 1.807) is 0 Å². The molecule has 0 radical (unpaired) electrons. The largest absolute Gasteiger partial charge is 0.398 e. The van der Waals surface area contributed by atoms with Crippen LogP contribution in [0.15, 0.2) is 24.3 Å². The van der Waals surface area contributed by atoms with Crippen LogP contribution < -0.4 is 5.73 Å². The van der Waals surface area contributed by atoms with Crippen LogP contribution >= 0.6 is 0 Å². The lowest BCUT2D eigenvalue weighted by molar-refractivity contribution is 0.152. The summed E-state index contributed by atoms with van der Waals surface area (Å²) in [4.78, 5) is 0. The van der Waals surface area contributed by atoms with Gasteiger partial charge in [0, 0.05) is 11.3 Å². The average molecular weight is 149 g/mol. The molecule has 1 saturated carbocycles. The van der Waals surface area contributed by atoms with E-state index in [9.17, 15) is 5.11 Å². The van der Waals surface area contributed by atoms with Gasteiger partial charge in [0.15, 0.2) is 0 Å². The minimum absolute atomic E-state index is 0.592. The summed E-state index contributed by atoms with van der Waals surface area (Å²) in [6.07, 6.45) is 1.70. The Morgan fingerprint density at radius 2 is 1.91 bits per heavy atom. The van der Waals surface area contributed by atoms with E-state index < -0.39 is 5.60 Å². The van der Waals surface area contributed by atoms with Crippen LogP contribution in [0.2, 0.25) is 0 Å². The fourth-order valence-corrected chi connectivity index (χ4v) is 1.31. The third-order valence-corrected chi connectivity index (χ3v) is 2.19. The van der Waals surface area contributed by atoms with E-state index in [1.165, 1.54) is 0 Å². The van der Waals surface area contributed by atoms with E-state index in [2.05, 4.69) is 0 Å². The quantitative estimate of drug-likeness (QED) is 0.590. The summed E-state index contributed by atoms with van der Waals surface area (Å²) in [6.45, 7) is 0. The smallest absolute Gasteiger partial charge is 0.0918 e. The van der Waals surface area contributed by atoms with Crippen LogP contribution in [-0.2, 0) is 5.60 Å². The second kappa shape index (κ2) is 1.98. The number of hydrogen-bond acceptors (Lipinski definition) is 2. The lowest BCUT2D eigenvalue weighted by atomic mass is 10.1. The predicted molar refractivity (Wildman–Crippen MR) is 44.0 cm³/mol. The standard InChI is InChI=1S/C9H11NO/c10-8-4-2-1-3-7(8)9(11)5-6-9/h1-4,11H,5-6,10H2. The second-order valence-corrected chi connectivity index (χ2v) is 3.12. The number of nitrogen functional groups attached to an aromatic ring is 1. The summed E-state index contributed by atoms with van der Waals surface area (Å²) in [7, 11) is 0. The highest BCUT2D eigenvalue weighted by atomic mass is 16.3. The maximum atomic E-state index is 9.70. The van der Waals surface area contributed by atoms with Crippen molar-refractivity contribution in [3.63, 3.8) is 0 Å². The zero-order valence-corrected chi connectivity index (χ0v) is 6.25. The second-order valence-electron chi connectivity index (χ2n) is 3.12. The van der Waals surface area contributed by atoms with Crippen LogP contribution in [0.3, 0.4) is 0 Å². The van der Waals surface area contributed by atoms with Gasteiger partial charge in [-0.15, -0.1) is 0 Å². The molecular formula is C9H11NO. The molecule has 2 rings (SSSR count). The lowest BCUT2D eigenvalue weighted by Crippen LogP contribution is -2.07. The minimum atomic E-state index is -0.592. The van der Waals surface area contributed by atoms with Crippen LogP contribution in [0, 0.1) is 0 Å². The maximum Gasteiger partial charge on any atom is 0.0918 e. The Balaban J connectivity index is 2.45. The van der Waals surface area contributed by atoms with Gasteiger partial charge >= 0.3 is 0 Å². The van der Waals surface area contributed by atoms with Crippen LogP contribution in [0.5, 0.6) is 0 Å². The van der Waals surface area contributed by atoms with Crippen molar-refractivity contribution in [3.05, 3.63) is 29.8 Å². The summed E-state index contributed by atoms with van der Waals surface area (Å²) in [5.41, 5.74) is 6.69. The number of benzene rings is 1. The number of aliphatic hydroxyl groups is 1. The summed E-state index contributed by atoms with van der Waals surface area (Å²) in [5, 5.41) is 9.70. The van der Waals surface area contributed by atoms with Crippen molar-refractivity contribution in [3.8, 4) is 0 Å². The molecule has 1 aliphatic rings. The number of hydrogen-bond donors (Lipinski definition) is 2. The molecule has 0 heterocycles. The molecule has 1 aromatic rings. The first-order valence-corrected chi connectivity index (χ1v) is 3.80. The molecule has 0 aliphatic heterocycles. The molecule has 0 bridgehead atoms. The Labute approximate surface area is 65.7 Å². The number of anilines is 1. The average Bonchev–Trinajstić information content (AvgIpc) is 2.70. The molecule has 2 heteroatoms. The predicted octanol–water partition coefficient (Wildman–Crippen LogP) is 1.25. The molecule has 58 valence electrons. The molecule has 0 spiro atoms. The lowest BCUT2D eigenvalue weighted by Gasteiger charge is -2.09. The molecule has 3 N–H and O–H groups in total. The van der Waals surface area contributed by atoms with Crippen LogP contribution in [0.1, 0.15) is 18.4 Å². The van der Waals surface area contributed by atoms with E-state index in [-0.39, 0.29) is 0 Å². The zero-order chi connectivity index (χ0) is 7.90. The summed E-state index contributed by atoms with van der Waals surface area (Å²) >= 11 is 0. The third-order valence-electron chi connectivity index (χ3n) is 2.19. The van der Waals surface area contributed by atoms with Crippen molar-refractivity contribution in [2.45, 2.75) is 18.4 Å². The van der Waals surface area contributed by atoms with Gasteiger partial charge in [-0.05, 0) is 18.9 Å². The summed E-state index contributed by atoms with van der Waals surface area (Å²) in [5.74, 6) is 0. The van der Waals surface area contributed by atoms with Crippen molar-refractivity contribution in [2.75, 3.05) is 5.73 Å². The summed E-state index contributed by atoms with van der Waals surface area (Å²) in [6, 6.07) is 7.50. The molecule has 0 amide bonds. The summed E-state index contributed by atoms with van der Waals surface area (Å²) < 4.78 is 0. The highest BCUT2D eigenvalue weighted by Crippen LogP contribution is 2.47. The van der Waals surface area contributed by atoms with Gasteiger partial charge in [-0.3, -0.25) is 0 Å². The molecular weight excluding hydrogens is 138 g/mol. The first kappa shape index (κ1) is 6.68. The van der Waals surface area contributed by atoms with Crippen LogP contribution in [0.25, 0.3) is 0 Å². The van der Waals surface area contributed by atoms with Gasteiger partial charge in [-0.25, -0.2) is 0 Å². The molecule has 11 heavy (non-hydrogen) atoms. The topological polar surface area (TPSA) is 46.2 Å². The Morgan fingerprint density at radius 1 is 1.27 bits per heavy atom.